The van der Waals surface area contributed by atoms with Crippen molar-refractivity contribution < 1.29 is 9.47 Å². The molecule has 0 aromatic heterocycles. The second-order valence-corrected chi connectivity index (χ2v) is 6.42. The first-order valence-corrected chi connectivity index (χ1v) is 9.20. The lowest BCUT2D eigenvalue weighted by atomic mass is 10.3. The van der Waals surface area contributed by atoms with Gasteiger partial charge >= 0.3 is 0 Å². The number of hydrogen-bond acceptors (Lipinski definition) is 5. The number of benzene rings is 2. The highest BCUT2D eigenvalue weighted by Crippen LogP contribution is 2.15. The number of anilines is 2. The molecular weight excluding hydrogens is 416 g/mol. The molecular formula is C17H20N6O2S3. The lowest BCUT2D eigenvalue weighted by Gasteiger charge is -2.16. The number of rotatable bonds is 4. The summed E-state index contributed by atoms with van der Waals surface area (Å²) in [6.07, 6.45) is 0. The van der Waals surface area contributed by atoms with E-state index in [1.807, 2.05) is 48.5 Å². The van der Waals surface area contributed by atoms with Gasteiger partial charge in [0.1, 0.15) is 11.5 Å². The molecule has 0 aliphatic rings. The lowest BCUT2D eigenvalue weighted by Crippen LogP contribution is -2.53. The van der Waals surface area contributed by atoms with Crippen LogP contribution in [0.15, 0.2) is 48.5 Å². The third kappa shape index (κ3) is 7.39. The average Bonchev–Trinajstić information content (AvgIpc) is 2.72. The van der Waals surface area contributed by atoms with Crippen LogP contribution in [0.3, 0.4) is 0 Å². The Morgan fingerprint density at radius 1 is 0.571 bits per heavy atom. The van der Waals surface area contributed by atoms with Gasteiger partial charge in [0.25, 0.3) is 0 Å². The van der Waals surface area contributed by atoms with Crippen molar-refractivity contribution in [2.45, 2.75) is 0 Å². The number of thiocarbonyl (C=S) groups is 3. The third-order valence-electron chi connectivity index (χ3n) is 3.27. The number of methoxy groups -OCH3 is 2. The molecule has 0 spiro atoms. The highest BCUT2D eigenvalue weighted by Gasteiger charge is 2.01. The molecule has 0 aliphatic heterocycles. The van der Waals surface area contributed by atoms with Crippen molar-refractivity contribution in [1.29, 1.82) is 0 Å². The maximum atomic E-state index is 5.19. The molecule has 2 aromatic rings. The minimum Gasteiger partial charge on any atom is -0.497 e. The van der Waals surface area contributed by atoms with E-state index >= 15 is 0 Å². The van der Waals surface area contributed by atoms with E-state index < -0.39 is 0 Å². The SMILES string of the molecule is COc1ccc(NC(=S)NNC(=S)NNC(=S)Nc2ccc(OC)cc2)cc1. The first kappa shape index (κ1) is 21.4. The van der Waals surface area contributed by atoms with E-state index in [0.29, 0.717) is 10.2 Å². The summed E-state index contributed by atoms with van der Waals surface area (Å²) in [5.74, 6) is 1.52. The van der Waals surface area contributed by atoms with Gasteiger partial charge in [0, 0.05) is 11.4 Å². The maximum Gasteiger partial charge on any atom is 0.204 e. The van der Waals surface area contributed by atoms with E-state index in [0.717, 1.165) is 22.9 Å². The molecule has 0 amide bonds. The zero-order valence-electron chi connectivity index (χ0n) is 15.2. The zero-order chi connectivity index (χ0) is 20.4. The predicted octanol–water partition coefficient (Wildman–Crippen LogP) is 2.27. The molecule has 0 saturated heterocycles. The molecule has 0 saturated carbocycles. The van der Waals surface area contributed by atoms with Crippen LogP contribution in [0.1, 0.15) is 0 Å². The Bertz CT molecular complexity index is 747. The van der Waals surface area contributed by atoms with E-state index in [1.54, 1.807) is 14.2 Å². The standard InChI is InChI=1S/C17H20N6O2S3/c1-24-13-7-3-11(4-8-13)18-15(26)20-22-17(28)23-21-16(27)19-12-5-9-14(25-2)10-6-12/h3-10H,1-2H3,(H2,18,20,26)(H2,19,21,27)(H2,22,23,28). The van der Waals surface area contributed by atoms with Crippen LogP contribution in [0.2, 0.25) is 0 Å². The van der Waals surface area contributed by atoms with Crippen LogP contribution in [0.4, 0.5) is 11.4 Å². The number of hydrazine groups is 2. The Balaban J connectivity index is 1.66. The quantitative estimate of drug-likeness (QED) is 0.315. The van der Waals surface area contributed by atoms with Gasteiger partial charge < -0.3 is 20.1 Å². The van der Waals surface area contributed by atoms with Crippen molar-refractivity contribution in [3.63, 3.8) is 0 Å². The smallest absolute Gasteiger partial charge is 0.204 e. The van der Waals surface area contributed by atoms with Crippen LogP contribution in [0.25, 0.3) is 0 Å². The van der Waals surface area contributed by atoms with Crippen LogP contribution in [-0.2, 0) is 0 Å². The zero-order valence-corrected chi connectivity index (χ0v) is 17.6. The van der Waals surface area contributed by atoms with Crippen molar-refractivity contribution in [3.8, 4) is 11.5 Å². The molecule has 148 valence electrons. The Kier molecular flexibility index (Phi) is 8.46. The molecule has 0 atom stereocenters. The molecule has 0 aliphatic carbocycles. The summed E-state index contributed by atoms with van der Waals surface area (Å²) in [5.41, 5.74) is 12.6. The van der Waals surface area contributed by atoms with Gasteiger partial charge in [-0.2, -0.15) is 0 Å². The van der Waals surface area contributed by atoms with Crippen molar-refractivity contribution in [2.24, 2.45) is 0 Å². The second-order valence-electron chi connectivity index (χ2n) is 5.19. The predicted molar refractivity (Wildman–Crippen MR) is 124 cm³/mol. The maximum absolute atomic E-state index is 5.19. The van der Waals surface area contributed by atoms with E-state index in [1.165, 1.54) is 0 Å². The summed E-state index contributed by atoms with van der Waals surface area (Å²) < 4.78 is 10.2. The number of hydrogen-bond donors (Lipinski definition) is 6. The van der Waals surface area contributed by atoms with Gasteiger partial charge in [-0.05, 0) is 85.2 Å². The van der Waals surface area contributed by atoms with Crippen molar-refractivity contribution in [1.82, 2.24) is 21.7 Å². The molecule has 8 nitrogen and oxygen atoms in total. The second kappa shape index (κ2) is 11.1. The van der Waals surface area contributed by atoms with Crippen LogP contribution < -0.4 is 41.8 Å². The van der Waals surface area contributed by atoms with Crippen molar-refractivity contribution in [3.05, 3.63) is 48.5 Å². The minimum atomic E-state index is 0.248. The molecule has 2 rings (SSSR count). The summed E-state index contributed by atoms with van der Waals surface area (Å²) in [6, 6.07) is 14.7. The van der Waals surface area contributed by atoms with E-state index in [9.17, 15) is 0 Å². The van der Waals surface area contributed by atoms with Crippen LogP contribution >= 0.6 is 36.7 Å². The molecule has 6 N–H and O–H groups in total. The molecule has 11 heteroatoms. The first-order chi connectivity index (χ1) is 13.5. The largest absolute Gasteiger partial charge is 0.497 e. The fraction of sp³-hybridized carbons (Fsp3) is 0.118. The van der Waals surface area contributed by atoms with Gasteiger partial charge in [0.2, 0.25) is 5.11 Å². The van der Waals surface area contributed by atoms with E-state index in [2.05, 4.69) is 32.3 Å². The van der Waals surface area contributed by atoms with E-state index in [-0.39, 0.29) is 5.11 Å². The molecule has 0 heterocycles. The van der Waals surface area contributed by atoms with Crippen molar-refractivity contribution in [2.75, 3.05) is 24.9 Å². The highest BCUT2D eigenvalue weighted by molar-refractivity contribution is 7.81. The molecule has 2 aromatic carbocycles. The molecule has 0 bridgehead atoms. The summed E-state index contributed by atoms with van der Waals surface area (Å²) in [5, 5.41) is 6.93. The fourth-order valence-corrected chi connectivity index (χ4v) is 2.37. The van der Waals surface area contributed by atoms with Crippen LogP contribution in [0, 0.1) is 0 Å². The van der Waals surface area contributed by atoms with E-state index in [4.69, 9.17) is 46.1 Å². The van der Waals surface area contributed by atoms with Gasteiger partial charge in [-0.25, -0.2) is 0 Å². The monoisotopic (exact) mass is 436 g/mol. The first-order valence-electron chi connectivity index (χ1n) is 7.98. The summed E-state index contributed by atoms with van der Waals surface area (Å²) in [4.78, 5) is 0. The Labute approximate surface area is 179 Å². The third-order valence-corrected chi connectivity index (χ3v) is 3.89. The summed E-state index contributed by atoms with van der Waals surface area (Å²) in [7, 11) is 3.22. The fourth-order valence-electron chi connectivity index (χ4n) is 1.93. The average molecular weight is 437 g/mol. The van der Waals surface area contributed by atoms with Gasteiger partial charge in [0.15, 0.2) is 10.2 Å². The van der Waals surface area contributed by atoms with Gasteiger partial charge in [0.05, 0.1) is 14.2 Å². The Hall–Kier alpha value is -2.89. The Morgan fingerprint density at radius 3 is 1.21 bits per heavy atom. The van der Waals surface area contributed by atoms with Crippen LogP contribution in [0.5, 0.6) is 11.5 Å². The highest BCUT2D eigenvalue weighted by atomic mass is 32.1. The normalized spacial score (nSPS) is 9.50. The summed E-state index contributed by atoms with van der Waals surface area (Å²) >= 11 is 15.5. The number of ether oxygens (including phenoxy) is 2. The van der Waals surface area contributed by atoms with Gasteiger partial charge in [-0.1, -0.05) is 0 Å². The van der Waals surface area contributed by atoms with Gasteiger partial charge in [-0.3, -0.25) is 21.7 Å². The van der Waals surface area contributed by atoms with Gasteiger partial charge in [-0.15, -0.1) is 0 Å². The molecule has 0 fully saturated rings. The van der Waals surface area contributed by atoms with Crippen LogP contribution in [-0.4, -0.2) is 29.6 Å². The minimum absolute atomic E-state index is 0.248. The molecule has 0 radical (unpaired) electrons. The lowest BCUT2D eigenvalue weighted by molar-refractivity contribution is 0.415. The molecule has 0 unspecified atom stereocenters. The van der Waals surface area contributed by atoms with Crippen molar-refractivity contribution >= 4 is 63.4 Å². The summed E-state index contributed by atoms with van der Waals surface area (Å²) in [6.45, 7) is 0. The topological polar surface area (TPSA) is 90.6 Å². The number of nitrogens with one attached hydrogen (secondary N) is 6. The molecule has 28 heavy (non-hydrogen) atoms. The Morgan fingerprint density at radius 2 is 0.893 bits per heavy atom.